The Hall–Kier alpha value is -4.27. The van der Waals surface area contributed by atoms with E-state index >= 15 is 0 Å². The van der Waals surface area contributed by atoms with Crippen LogP contribution in [0.5, 0.6) is 0 Å². The molecule has 1 atom stereocenters. The van der Waals surface area contributed by atoms with Crippen molar-refractivity contribution < 1.29 is 14.3 Å². The molecule has 0 bridgehead atoms. The van der Waals surface area contributed by atoms with Gasteiger partial charge >= 0.3 is 6.03 Å². The van der Waals surface area contributed by atoms with Gasteiger partial charge in [-0.3, -0.25) is 15.0 Å². The predicted molar refractivity (Wildman–Crippen MR) is 177 cm³/mol. The third kappa shape index (κ3) is 6.32. The first kappa shape index (κ1) is 29.8. The number of nitrogens with one attached hydrogen (secondary N) is 2. The SMILES string of the molecule is Cc1ccccc1-n1nc(C(C)(C)C)cc1NC(=O)Nc1ccc(C2=CC(=O)C(CN3CCOCC3)CC2)c2ccccc12. The summed E-state index contributed by atoms with van der Waals surface area (Å²) < 4.78 is 7.26. The predicted octanol–water partition coefficient (Wildman–Crippen LogP) is 6.97. The molecule has 0 spiro atoms. The molecule has 8 nitrogen and oxygen atoms in total. The average Bonchev–Trinajstić information content (AvgIpc) is 3.43. The number of carbonyl (C=O) groups excluding carboxylic acids is 2. The van der Waals surface area contributed by atoms with E-state index in [2.05, 4.69) is 42.4 Å². The number of carbonyl (C=O) groups is 2. The van der Waals surface area contributed by atoms with Gasteiger partial charge in [-0.05, 0) is 60.1 Å². The van der Waals surface area contributed by atoms with Gasteiger partial charge in [0.15, 0.2) is 5.78 Å². The summed E-state index contributed by atoms with van der Waals surface area (Å²) in [6.07, 6.45) is 3.52. The minimum absolute atomic E-state index is 0.0275. The van der Waals surface area contributed by atoms with E-state index in [1.54, 1.807) is 4.68 Å². The number of fused-ring (bicyclic) bond motifs is 1. The van der Waals surface area contributed by atoms with Gasteiger partial charge in [0.2, 0.25) is 0 Å². The highest BCUT2D eigenvalue weighted by molar-refractivity contribution is 6.10. The molecule has 0 saturated carbocycles. The smallest absolute Gasteiger partial charge is 0.324 e. The van der Waals surface area contributed by atoms with Gasteiger partial charge in [-0.1, -0.05) is 69.3 Å². The largest absolute Gasteiger partial charge is 0.379 e. The second-order valence-electron chi connectivity index (χ2n) is 12.9. The molecule has 1 aliphatic carbocycles. The van der Waals surface area contributed by atoms with Crippen LogP contribution in [-0.2, 0) is 14.9 Å². The van der Waals surface area contributed by atoms with Crippen LogP contribution in [-0.4, -0.2) is 59.3 Å². The van der Waals surface area contributed by atoms with Crippen molar-refractivity contribution >= 4 is 39.7 Å². The van der Waals surface area contributed by atoms with Gasteiger partial charge in [0.1, 0.15) is 5.82 Å². The van der Waals surface area contributed by atoms with Gasteiger partial charge in [-0.25, -0.2) is 9.48 Å². The van der Waals surface area contributed by atoms with Crippen molar-refractivity contribution in [2.75, 3.05) is 43.5 Å². The molecule has 1 unspecified atom stereocenters. The quantitative estimate of drug-likeness (QED) is 0.253. The van der Waals surface area contributed by atoms with Crippen molar-refractivity contribution in [2.24, 2.45) is 5.92 Å². The molecule has 2 amide bonds. The van der Waals surface area contributed by atoms with E-state index in [-0.39, 0.29) is 23.1 Å². The van der Waals surface area contributed by atoms with Gasteiger partial charge in [-0.2, -0.15) is 5.10 Å². The molecular formula is C36H41N5O3. The zero-order valence-corrected chi connectivity index (χ0v) is 26.0. The Morgan fingerprint density at radius 2 is 1.70 bits per heavy atom. The number of urea groups is 1. The molecule has 4 aromatic rings. The maximum absolute atomic E-state index is 13.5. The van der Waals surface area contributed by atoms with E-state index in [4.69, 9.17) is 9.84 Å². The molecular weight excluding hydrogens is 550 g/mol. The topological polar surface area (TPSA) is 88.5 Å². The first-order valence-corrected chi connectivity index (χ1v) is 15.5. The number of aryl methyl sites for hydroxylation is 1. The second kappa shape index (κ2) is 12.4. The van der Waals surface area contributed by atoms with Crippen molar-refractivity contribution in [2.45, 2.75) is 46.0 Å². The van der Waals surface area contributed by atoms with Crippen molar-refractivity contribution in [3.63, 3.8) is 0 Å². The van der Waals surface area contributed by atoms with Crippen LogP contribution in [0.1, 0.15) is 50.4 Å². The molecule has 1 aliphatic heterocycles. The fourth-order valence-electron chi connectivity index (χ4n) is 6.10. The van der Waals surface area contributed by atoms with Gasteiger partial charge in [0.05, 0.1) is 30.3 Å². The van der Waals surface area contributed by atoms with Crippen molar-refractivity contribution in [3.8, 4) is 5.69 Å². The first-order chi connectivity index (χ1) is 21.2. The third-order valence-electron chi connectivity index (χ3n) is 8.64. The monoisotopic (exact) mass is 591 g/mol. The van der Waals surface area contributed by atoms with Crippen LogP contribution in [0.2, 0.25) is 0 Å². The number of allylic oxidation sites excluding steroid dienone is 2. The lowest BCUT2D eigenvalue weighted by Crippen LogP contribution is -2.41. The molecule has 44 heavy (non-hydrogen) atoms. The number of nitrogens with zero attached hydrogens (tertiary/aromatic N) is 3. The fraction of sp³-hybridized carbons (Fsp3) is 0.361. The minimum atomic E-state index is -0.351. The number of amides is 2. The molecule has 1 saturated heterocycles. The maximum atomic E-state index is 13.5. The second-order valence-corrected chi connectivity index (χ2v) is 12.9. The zero-order chi connectivity index (χ0) is 30.8. The number of morpholine rings is 1. The Kier molecular flexibility index (Phi) is 8.38. The molecule has 0 radical (unpaired) electrons. The van der Waals surface area contributed by atoms with Crippen LogP contribution >= 0.6 is 0 Å². The van der Waals surface area contributed by atoms with E-state index in [1.807, 2.05) is 73.7 Å². The summed E-state index contributed by atoms with van der Waals surface area (Å²) in [6.45, 7) is 12.4. The normalized spacial score (nSPS) is 17.9. The Bertz CT molecular complexity index is 1730. The molecule has 6 rings (SSSR count). The number of para-hydroxylation sites is 1. The summed E-state index contributed by atoms with van der Waals surface area (Å²) in [5.74, 6) is 0.822. The van der Waals surface area contributed by atoms with E-state index < -0.39 is 0 Å². The lowest BCUT2D eigenvalue weighted by Gasteiger charge is -2.31. The Morgan fingerprint density at radius 1 is 0.977 bits per heavy atom. The van der Waals surface area contributed by atoms with Crippen LogP contribution in [0, 0.1) is 12.8 Å². The number of aromatic nitrogens is 2. The molecule has 228 valence electrons. The van der Waals surface area contributed by atoms with Crippen LogP contribution in [0.25, 0.3) is 22.0 Å². The highest BCUT2D eigenvalue weighted by Gasteiger charge is 2.27. The minimum Gasteiger partial charge on any atom is -0.379 e. The lowest BCUT2D eigenvalue weighted by molar-refractivity contribution is -0.119. The molecule has 8 heteroatoms. The highest BCUT2D eigenvalue weighted by atomic mass is 16.5. The molecule has 2 N–H and O–H groups in total. The lowest BCUT2D eigenvalue weighted by atomic mass is 9.83. The van der Waals surface area contributed by atoms with Crippen LogP contribution < -0.4 is 10.6 Å². The molecule has 1 aromatic heterocycles. The summed E-state index contributed by atoms with van der Waals surface area (Å²) in [5, 5.41) is 12.9. The Morgan fingerprint density at radius 3 is 2.43 bits per heavy atom. The fourth-order valence-corrected chi connectivity index (χ4v) is 6.10. The summed E-state index contributed by atoms with van der Waals surface area (Å²) in [5.41, 5.74) is 5.46. The van der Waals surface area contributed by atoms with Crippen LogP contribution in [0.15, 0.2) is 72.8 Å². The van der Waals surface area contributed by atoms with Gasteiger partial charge in [-0.15, -0.1) is 0 Å². The Labute approximate surface area is 259 Å². The van der Waals surface area contributed by atoms with Gasteiger partial charge in [0.25, 0.3) is 0 Å². The first-order valence-electron chi connectivity index (χ1n) is 15.5. The number of hydrogen-bond donors (Lipinski definition) is 2. The summed E-state index contributed by atoms with van der Waals surface area (Å²) in [6, 6.07) is 21.6. The summed E-state index contributed by atoms with van der Waals surface area (Å²) >= 11 is 0. The molecule has 2 aliphatic rings. The Balaban J connectivity index is 1.24. The van der Waals surface area contributed by atoms with Crippen molar-refractivity contribution in [1.82, 2.24) is 14.7 Å². The number of benzene rings is 3. The van der Waals surface area contributed by atoms with E-state index in [0.717, 1.165) is 84.5 Å². The number of anilines is 2. The molecule has 3 aromatic carbocycles. The zero-order valence-electron chi connectivity index (χ0n) is 26.0. The van der Waals surface area contributed by atoms with E-state index in [1.165, 1.54) is 0 Å². The van der Waals surface area contributed by atoms with Gasteiger partial charge in [0, 0.05) is 42.4 Å². The van der Waals surface area contributed by atoms with E-state index in [9.17, 15) is 9.59 Å². The van der Waals surface area contributed by atoms with E-state index in [0.29, 0.717) is 11.5 Å². The molecule has 2 heterocycles. The van der Waals surface area contributed by atoms with Gasteiger partial charge < -0.3 is 10.1 Å². The van der Waals surface area contributed by atoms with Crippen molar-refractivity contribution in [3.05, 3.63) is 89.6 Å². The standard InChI is InChI=1S/C36H41N5O3/c1-24-9-5-8-12-31(24)41-34(22-33(39-41)36(2,3)4)38-35(43)37-30-16-15-27(28-10-6-7-11-29(28)30)25-13-14-26(32(42)21-25)23-40-17-19-44-20-18-40/h5-12,15-16,21-22,26H,13-14,17-20,23H2,1-4H3,(H2,37,38,43). The van der Waals surface area contributed by atoms with Crippen molar-refractivity contribution in [1.29, 1.82) is 0 Å². The summed E-state index contributed by atoms with van der Waals surface area (Å²) in [4.78, 5) is 29.0. The van der Waals surface area contributed by atoms with Crippen LogP contribution in [0.4, 0.5) is 16.3 Å². The summed E-state index contributed by atoms with van der Waals surface area (Å²) in [7, 11) is 0. The highest BCUT2D eigenvalue weighted by Crippen LogP contribution is 2.36. The van der Waals surface area contributed by atoms with Crippen LogP contribution in [0.3, 0.4) is 0 Å². The molecule has 1 fully saturated rings. The number of rotatable bonds is 6. The number of ketones is 1. The number of ether oxygens (including phenoxy) is 1. The number of hydrogen-bond acceptors (Lipinski definition) is 5. The maximum Gasteiger partial charge on any atom is 0.324 e. The third-order valence-corrected chi connectivity index (χ3v) is 8.64. The average molecular weight is 592 g/mol.